The van der Waals surface area contributed by atoms with Crippen molar-refractivity contribution in [3.05, 3.63) is 60.7 Å². The first-order valence-corrected chi connectivity index (χ1v) is 8.95. The lowest BCUT2D eigenvalue weighted by molar-refractivity contribution is 0.311. The Morgan fingerprint density at radius 1 is 1.04 bits per heavy atom. The number of nitrogens with zero attached hydrogens (tertiary/aromatic N) is 5. The normalized spacial score (nSPS) is 13.5. The number of hydrogen-bond donors (Lipinski definition) is 0. The Morgan fingerprint density at radius 3 is 2.85 bits per heavy atom. The highest BCUT2D eigenvalue weighted by atomic mass is 16.5. The molecule has 5 rings (SSSR count). The van der Waals surface area contributed by atoms with Crippen molar-refractivity contribution in [3.8, 4) is 28.3 Å². The van der Waals surface area contributed by atoms with Crippen LogP contribution in [0.2, 0.25) is 0 Å². The number of anilines is 1. The molecule has 6 heteroatoms. The van der Waals surface area contributed by atoms with Crippen LogP contribution in [-0.2, 0) is 0 Å². The second-order valence-electron chi connectivity index (χ2n) is 6.74. The fourth-order valence-electron chi connectivity index (χ4n) is 3.56. The Labute approximate surface area is 157 Å². The van der Waals surface area contributed by atoms with E-state index < -0.39 is 0 Å². The molecule has 0 fully saturated rings. The maximum absolute atomic E-state index is 5.80. The van der Waals surface area contributed by atoms with Crippen LogP contribution < -0.4 is 9.64 Å². The van der Waals surface area contributed by atoms with E-state index in [1.807, 2.05) is 41.9 Å². The lowest BCUT2D eigenvalue weighted by atomic mass is 10.0. The van der Waals surface area contributed by atoms with E-state index in [1.165, 1.54) is 0 Å². The Hall–Kier alpha value is -3.41. The Balaban J connectivity index is 1.78. The summed E-state index contributed by atoms with van der Waals surface area (Å²) in [5.41, 5.74) is 6.09. The fourth-order valence-corrected chi connectivity index (χ4v) is 3.56. The van der Waals surface area contributed by atoms with E-state index in [0.717, 1.165) is 46.2 Å². The van der Waals surface area contributed by atoms with Gasteiger partial charge in [-0.2, -0.15) is 0 Å². The molecule has 0 saturated carbocycles. The van der Waals surface area contributed by atoms with Gasteiger partial charge in [0.25, 0.3) is 0 Å². The first-order chi connectivity index (χ1) is 13.2. The van der Waals surface area contributed by atoms with E-state index in [2.05, 4.69) is 40.1 Å². The van der Waals surface area contributed by atoms with E-state index in [-0.39, 0.29) is 0 Å². The lowest BCUT2D eigenvalue weighted by Crippen LogP contribution is -2.28. The van der Waals surface area contributed by atoms with Gasteiger partial charge in [0.05, 0.1) is 23.6 Å². The average molecular weight is 357 g/mol. The lowest BCUT2D eigenvalue weighted by Gasteiger charge is -2.28. The number of rotatable bonds is 2. The van der Waals surface area contributed by atoms with Gasteiger partial charge in [-0.15, -0.1) is 0 Å². The first-order valence-electron chi connectivity index (χ1n) is 8.95. The van der Waals surface area contributed by atoms with Crippen LogP contribution in [0.15, 0.2) is 55.0 Å². The standard InChI is InChI=1S/C21H19N5O/c1-14-12-15(6-8-22-14)19-20(26-9-3-7-23-21(26)24-19)16-4-5-18-17(13-16)25(2)10-11-27-18/h3-9,12-13H,10-11H2,1-2H3. The van der Waals surface area contributed by atoms with Crippen molar-refractivity contribution in [2.24, 2.45) is 0 Å². The summed E-state index contributed by atoms with van der Waals surface area (Å²) in [5.74, 6) is 1.60. The summed E-state index contributed by atoms with van der Waals surface area (Å²) >= 11 is 0. The van der Waals surface area contributed by atoms with Gasteiger partial charge < -0.3 is 9.64 Å². The molecule has 0 amide bonds. The third-order valence-electron chi connectivity index (χ3n) is 4.90. The van der Waals surface area contributed by atoms with Gasteiger partial charge in [-0.1, -0.05) is 0 Å². The number of imidazole rings is 1. The van der Waals surface area contributed by atoms with Crippen LogP contribution in [0, 0.1) is 6.92 Å². The average Bonchev–Trinajstić information content (AvgIpc) is 3.08. The predicted octanol–water partition coefficient (Wildman–Crippen LogP) is 3.60. The van der Waals surface area contributed by atoms with Gasteiger partial charge in [0.1, 0.15) is 12.4 Å². The highest BCUT2D eigenvalue weighted by molar-refractivity contribution is 5.83. The van der Waals surface area contributed by atoms with Gasteiger partial charge in [0.2, 0.25) is 5.78 Å². The minimum Gasteiger partial charge on any atom is -0.490 e. The molecule has 3 aromatic heterocycles. The molecule has 27 heavy (non-hydrogen) atoms. The molecule has 0 aliphatic carbocycles. The Kier molecular flexibility index (Phi) is 3.57. The molecular weight excluding hydrogens is 338 g/mol. The number of pyridine rings is 1. The highest BCUT2D eigenvalue weighted by Crippen LogP contribution is 2.38. The van der Waals surface area contributed by atoms with Gasteiger partial charge in [0.15, 0.2) is 0 Å². The van der Waals surface area contributed by atoms with Crippen molar-refractivity contribution in [3.63, 3.8) is 0 Å². The van der Waals surface area contributed by atoms with Crippen molar-refractivity contribution in [1.29, 1.82) is 0 Å². The van der Waals surface area contributed by atoms with Crippen LogP contribution in [0.5, 0.6) is 5.75 Å². The van der Waals surface area contributed by atoms with Gasteiger partial charge >= 0.3 is 0 Å². The van der Waals surface area contributed by atoms with Crippen LogP contribution in [0.1, 0.15) is 5.69 Å². The van der Waals surface area contributed by atoms with Crippen LogP contribution in [0.3, 0.4) is 0 Å². The monoisotopic (exact) mass is 357 g/mol. The minimum atomic E-state index is 0.680. The second kappa shape index (κ2) is 6.09. The summed E-state index contributed by atoms with van der Waals surface area (Å²) in [5, 5.41) is 0. The topological polar surface area (TPSA) is 55.5 Å². The van der Waals surface area contributed by atoms with Crippen molar-refractivity contribution in [2.45, 2.75) is 6.92 Å². The van der Waals surface area contributed by atoms with E-state index in [4.69, 9.17) is 9.72 Å². The zero-order valence-electron chi connectivity index (χ0n) is 15.3. The molecule has 6 nitrogen and oxygen atoms in total. The number of ether oxygens (including phenoxy) is 1. The highest BCUT2D eigenvalue weighted by Gasteiger charge is 2.20. The fraction of sp³-hybridized carbons (Fsp3) is 0.190. The zero-order chi connectivity index (χ0) is 18.4. The summed E-state index contributed by atoms with van der Waals surface area (Å²) in [6, 6.07) is 12.3. The van der Waals surface area contributed by atoms with Crippen LogP contribution >= 0.6 is 0 Å². The largest absolute Gasteiger partial charge is 0.490 e. The molecule has 0 radical (unpaired) electrons. The third kappa shape index (κ3) is 2.61. The summed E-state index contributed by atoms with van der Waals surface area (Å²) < 4.78 is 7.84. The zero-order valence-corrected chi connectivity index (χ0v) is 15.3. The molecule has 0 atom stereocenters. The molecule has 1 aliphatic rings. The van der Waals surface area contributed by atoms with E-state index in [0.29, 0.717) is 12.4 Å². The van der Waals surface area contributed by atoms with Gasteiger partial charge in [-0.25, -0.2) is 9.97 Å². The number of aryl methyl sites for hydroxylation is 1. The van der Waals surface area contributed by atoms with Crippen LogP contribution in [-0.4, -0.2) is 39.6 Å². The van der Waals surface area contributed by atoms with Crippen molar-refractivity contribution in [1.82, 2.24) is 19.4 Å². The Bertz CT molecular complexity index is 1150. The van der Waals surface area contributed by atoms with E-state index in [1.54, 1.807) is 6.20 Å². The van der Waals surface area contributed by atoms with Gasteiger partial charge in [-0.3, -0.25) is 9.38 Å². The van der Waals surface area contributed by atoms with E-state index >= 15 is 0 Å². The molecule has 0 saturated heterocycles. The second-order valence-corrected chi connectivity index (χ2v) is 6.74. The van der Waals surface area contributed by atoms with Crippen molar-refractivity contribution < 1.29 is 4.74 Å². The third-order valence-corrected chi connectivity index (χ3v) is 4.90. The number of hydrogen-bond acceptors (Lipinski definition) is 5. The molecule has 0 bridgehead atoms. The predicted molar refractivity (Wildman–Crippen MR) is 105 cm³/mol. The summed E-state index contributed by atoms with van der Waals surface area (Å²) in [6.45, 7) is 3.58. The summed E-state index contributed by atoms with van der Waals surface area (Å²) in [4.78, 5) is 15.8. The van der Waals surface area contributed by atoms with Crippen molar-refractivity contribution >= 4 is 11.5 Å². The maximum atomic E-state index is 5.80. The number of fused-ring (bicyclic) bond motifs is 2. The number of aromatic nitrogens is 4. The molecule has 4 heterocycles. The molecule has 4 aromatic rings. The van der Waals surface area contributed by atoms with Gasteiger partial charge in [-0.05, 0) is 43.3 Å². The van der Waals surface area contributed by atoms with Crippen molar-refractivity contribution in [2.75, 3.05) is 25.1 Å². The van der Waals surface area contributed by atoms with Gasteiger partial charge in [0, 0.05) is 42.5 Å². The first kappa shape index (κ1) is 15.8. The molecule has 0 spiro atoms. The SMILES string of the molecule is Cc1cc(-c2nc3ncccn3c2-c2ccc3c(c2)N(C)CCO3)ccn1. The number of benzene rings is 1. The molecule has 1 aliphatic heterocycles. The van der Waals surface area contributed by atoms with Crippen LogP contribution in [0.4, 0.5) is 5.69 Å². The molecule has 134 valence electrons. The molecule has 0 unspecified atom stereocenters. The summed E-state index contributed by atoms with van der Waals surface area (Å²) in [6.07, 6.45) is 5.59. The minimum absolute atomic E-state index is 0.680. The summed E-state index contributed by atoms with van der Waals surface area (Å²) in [7, 11) is 2.09. The maximum Gasteiger partial charge on any atom is 0.234 e. The number of likely N-dealkylation sites (N-methyl/N-ethyl adjacent to an activating group) is 1. The van der Waals surface area contributed by atoms with Crippen LogP contribution in [0.25, 0.3) is 28.3 Å². The van der Waals surface area contributed by atoms with E-state index in [9.17, 15) is 0 Å². The quantitative estimate of drug-likeness (QED) is 0.549. The molecular formula is C21H19N5O. The molecule has 0 N–H and O–H groups in total. The smallest absolute Gasteiger partial charge is 0.234 e. The molecule has 1 aromatic carbocycles. The Morgan fingerprint density at radius 2 is 1.96 bits per heavy atom.